The van der Waals surface area contributed by atoms with Crippen molar-refractivity contribution < 1.29 is 0 Å². The fraction of sp³-hybridized carbons (Fsp3) is 0.471. The number of allylic oxidation sites excluding steroid dienone is 1. The Balaban J connectivity index is -0.000000375. The Hall–Kier alpha value is -1.75. The number of anilines is 1. The van der Waals surface area contributed by atoms with E-state index in [0.29, 0.717) is 11.3 Å². The number of nitrogens with two attached hydrogens (primary N) is 1. The first-order valence-electron chi connectivity index (χ1n) is 7.02. The first-order chi connectivity index (χ1) is 9.06. The van der Waals surface area contributed by atoms with Crippen LogP contribution in [0, 0.1) is 18.3 Å². The zero-order valence-corrected chi connectivity index (χ0v) is 13.9. The number of benzene rings is 1. The molecule has 0 spiro atoms. The molecule has 0 saturated carbocycles. The van der Waals surface area contributed by atoms with Gasteiger partial charge in [-0.15, -0.1) is 0 Å². The molecule has 2 heteroatoms. The minimum absolute atomic E-state index is 0.659. The molecule has 0 aromatic heterocycles. The van der Waals surface area contributed by atoms with Crippen LogP contribution in [-0.2, 0) is 0 Å². The van der Waals surface area contributed by atoms with Crippen molar-refractivity contribution in [3.63, 3.8) is 0 Å². The van der Waals surface area contributed by atoms with Gasteiger partial charge in [0.2, 0.25) is 0 Å². The molecule has 0 aliphatic heterocycles. The number of nitrogen functional groups attached to an aromatic ring is 1. The predicted molar refractivity (Wildman–Crippen MR) is 89.1 cm³/mol. The van der Waals surface area contributed by atoms with Gasteiger partial charge in [-0.25, -0.2) is 0 Å². The van der Waals surface area contributed by atoms with Gasteiger partial charge in [-0.3, -0.25) is 0 Å². The first-order valence-corrected chi connectivity index (χ1v) is 7.02. The fourth-order valence-corrected chi connectivity index (χ4v) is 1.22. The number of nitriles is 1. The van der Waals surface area contributed by atoms with Crippen LogP contribution >= 0.6 is 0 Å². The van der Waals surface area contributed by atoms with E-state index in [1.165, 1.54) is 0 Å². The second kappa shape index (κ2) is 14.3. The molecule has 0 atom stereocenters. The molecule has 2 nitrogen and oxygen atoms in total. The van der Waals surface area contributed by atoms with Crippen molar-refractivity contribution in [3.8, 4) is 6.07 Å². The topological polar surface area (TPSA) is 49.8 Å². The Bertz CT molecular complexity index is 398. The van der Waals surface area contributed by atoms with Gasteiger partial charge in [0.25, 0.3) is 0 Å². The highest BCUT2D eigenvalue weighted by atomic mass is 14.6. The lowest BCUT2D eigenvalue weighted by atomic mass is 10.00. The maximum atomic E-state index is 8.80. The lowest BCUT2D eigenvalue weighted by Crippen LogP contribution is -1.95. The molecule has 19 heavy (non-hydrogen) atoms. The molecule has 0 fully saturated rings. The van der Waals surface area contributed by atoms with Gasteiger partial charge in [0.1, 0.15) is 0 Å². The van der Waals surface area contributed by atoms with Crippen molar-refractivity contribution in [2.24, 2.45) is 0 Å². The largest absolute Gasteiger partial charge is 0.398 e. The maximum absolute atomic E-state index is 8.80. The summed E-state index contributed by atoms with van der Waals surface area (Å²) in [5.41, 5.74) is 9.77. The molecular weight excluding hydrogens is 232 g/mol. The molecule has 1 aromatic carbocycles. The highest BCUT2D eigenvalue weighted by molar-refractivity contribution is 5.74. The average Bonchev–Trinajstić information content (AvgIpc) is 2.45. The van der Waals surface area contributed by atoms with E-state index in [1.807, 2.05) is 61.5 Å². The zero-order valence-electron chi connectivity index (χ0n) is 13.9. The van der Waals surface area contributed by atoms with Crippen LogP contribution in [0.1, 0.15) is 65.2 Å². The quantitative estimate of drug-likeness (QED) is 0.673. The number of hydrogen-bond donors (Lipinski definition) is 1. The van der Waals surface area contributed by atoms with Gasteiger partial charge in [-0.1, -0.05) is 48.1 Å². The van der Waals surface area contributed by atoms with Crippen molar-refractivity contribution in [2.45, 2.75) is 55.4 Å². The SMILES string of the molecule is C=C(C)c1cc(C#N)c(C)cc1N.CC.CC.CC. The maximum Gasteiger partial charge on any atom is 0.0994 e. The highest BCUT2D eigenvalue weighted by Crippen LogP contribution is 2.23. The average molecular weight is 262 g/mol. The normalized spacial score (nSPS) is 7.32. The monoisotopic (exact) mass is 262 g/mol. The molecule has 1 aromatic rings. The summed E-state index contributed by atoms with van der Waals surface area (Å²) >= 11 is 0. The van der Waals surface area contributed by atoms with Gasteiger partial charge in [0, 0.05) is 11.3 Å². The molecule has 0 unspecified atom stereocenters. The van der Waals surface area contributed by atoms with Crippen LogP contribution in [-0.4, -0.2) is 0 Å². The Kier molecular flexibility index (Phi) is 16.9. The molecule has 0 heterocycles. The van der Waals surface area contributed by atoms with Crippen LogP contribution in [0.3, 0.4) is 0 Å². The van der Waals surface area contributed by atoms with Crippen LogP contribution in [0.4, 0.5) is 5.69 Å². The van der Waals surface area contributed by atoms with Crippen molar-refractivity contribution in [2.75, 3.05) is 5.73 Å². The summed E-state index contributed by atoms with van der Waals surface area (Å²) < 4.78 is 0. The summed E-state index contributed by atoms with van der Waals surface area (Å²) in [6, 6.07) is 5.71. The summed E-state index contributed by atoms with van der Waals surface area (Å²) in [5, 5.41) is 8.80. The number of rotatable bonds is 1. The van der Waals surface area contributed by atoms with Crippen molar-refractivity contribution >= 4 is 11.3 Å². The van der Waals surface area contributed by atoms with Gasteiger partial charge in [0.05, 0.1) is 11.6 Å². The standard InChI is InChI=1S/C11H12N2.3C2H6/c1-7(2)10-5-9(6-12)8(3)4-11(10)13;3*1-2/h4-5H,1,13H2,2-3H3;3*1-2H3. The third-order valence-electron chi connectivity index (χ3n) is 1.98. The van der Waals surface area contributed by atoms with Crippen LogP contribution in [0.15, 0.2) is 18.7 Å². The summed E-state index contributed by atoms with van der Waals surface area (Å²) in [7, 11) is 0. The minimum atomic E-state index is 0.659. The molecular formula is C17H30N2. The van der Waals surface area contributed by atoms with E-state index in [4.69, 9.17) is 11.0 Å². The van der Waals surface area contributed by atoms with Crippen molar-refractivity contribution in [1.29, 1.82) is 5.26 Å². The lowest BCUT2D eigenvalue weighted by molar-refractivity contribution is 1.38. The first kappa shape index (κ1) is 22.4. The van der Waals surface area contributed by atoms with E-state index in [-0.39, 0.29) is 0 Å². The van der Waals surface area contributed by atoms with Crippen LogP contribution < -0.4 is 5.73 Å². The minimum Gasteiger partial charge on any atom is -0.398 e. The second-order valence-corrected chi connectivity index (χ2v) is 3.15. The zero-order chi connectivity index (χ0) is 16.0. The molecule has 0 saturated heterocycles. The Morgan fingerprint density at radius 1 is 1.11 bits per heavy atom. The van der Waals surface area contributed by atoms with E-state index in [9.17, 15) is 0 Å². The van der Waals surface area contributed by atoms with Gasteiger partial charge in [-0.05, 0) is 37.1 Å². The smallest absolute Gasteiger partial charge is 0.0994 e. The molecule has 2 N–H and O–H groups in total. The molecule has 0 amide bonds. The molecule has 0 aliphatic carbocycles. The molecule has 1 rings (SSSR count). The van der Waals surface area contributed by atoms with E-state index in [0.717, 1.165) is 16.7 Å². The second-order valence-electron chi connectivity index (χ2n) is 3.15. The third kappa shape index (κ3) is 8.05. The number of aryl methyl sites for hydroxylation is 1. The Labute approximate surface area is 120 Å². The van der Waals surface area contributed by atoms with Crippen LogP contribution in [0.2, 0.25) is 0 Å². The van der Waals surface area contributed by atoms with Gasteiger partial charge < -0.3 is 5.73 Å². The van der Waals surface area contributed by atoms with Crippen molar-refractivity contribution in [3.05, 3.63) is 35.4 Å². The van der Waals surface area contributed by atoms with E-state index >= 15 is 0 Å². The summed E-state index contributed by atoms with van der Waals surface area (Å²) in [6.07, 6.45) is 0. The van der Waals surface area contributed by atoms with Crippen molar-refractivity contribution in [1.82, 2.24) is 0 Å². The van der Waals surface area contributed by atoms with Gasteiger partial charge in [0.15, 0.2) is 0 Å². The summed E-state index contributed by atoms with van der Waals surface area (Å²) in [4.78, 5) is 0. The predicted octanol–water partition coefficient (Wildman–Crippen LogP) is 5.56. The van der Waals surface area contributed by atoms with E-state index < -0.39 is 0 Å². The summed E-state index contributed by atoms with van der Waals surface area (Å²) in [5.74, 6) is 0. The molecule has 0 radical (unpaired) electrons. The fourth-order valence-electron chi connectivity index (χ4n) is 1.22. The summed E-state index contributed by atoms with van der Waals surface area (Å²) in [6.45, 7) is 19.6. The van der Waals surface area contributed by atoms with Gasteiger partial charge >= 0.3 is 0 Å². The molecule has 108 valence electrons. The van der Waals surface area contributed by atoms with Crippen LogP contribution in [0.25, 0.3) is 5.57 Å². The Morgan fingerprint density at radius 2 is 1.53 bits per heavy atom. The number of hydrogen-bond acceptors (Lipinski definition) is 2. The van der Waals surface area contributed by atoms with E-state index in [2.05, 4.69) is 12.6 Å². The highest BCUT2D eigenvalue weighted by Gasteiger charge is 2.04. The van der Waals surface area contributed by atoms with Crippen LogP contribution in [0.5, 0.6) is 0 Å². The van der Waals surface area contributed by atoms with E-state index in [1.54, 1.807) is 6.07 Å². The molecule has 0 bridgehead atoms. The molecule has 0 aliphatic rings. The number of nitrogens with zero attached hydrogens (tertiary/aromatic N) is 1. The third-order valence-corrected chi connectivity index (χ3v) is 1.98. The lowest BCUT2D eigenvalue weighted by Gasteiger charge is -2.07. The Morgan fingerprint density at radius 3 is 1.84 bits per heavy atom. The van der Waals surface area contributed by atoms with Gasteiger partial charge in [-0.2, -0.15) is 5.26 Å².